The molecule has 0 saturated heterocycles. The van der Waals surface area contributed by atoms with Crippen LogP contribution in [0, 0.1) is 5.92 Å². The summed E-state index contributed by atoms with van der Waals surface area (Å²) in [5.74, 6) is -0.0241. The smallest absolute Gasteiger partial charge is 0.225 e. The topological polar surface area (TPSA) is 86.8 Å². The molecule has 1 amide bonds. The number of hydrogen-bond donors (Lipinski definition) is 3. The average molecular weight is 230 g/mol. The van der Waals surface area contributed by atoms with Crippen LogP contribution in [0.25, 0.3) is 0 Å². The summed E-state index contributed by atoms with van der Waals surface area (Å²) < 4.78 is 0. The van der Waals surface area contributed by atoms with Gasteiger partial charge in [0.15, 0.2) is 0 Å². The first-order chi connectivity index (χ1) is 7.32. The molecule has 1 atom stereocenters. The van der Waals surface area contributed by atoms with Crippen LogP contribution in [0.15, 0.2) is 0 Å². The Morgan fingerprint density at radius 3 is 2.50 bits per heavy atom. The van der Waals surface area contributed by atoms with Crippen molar-refractivity contribution < 1.29 is 15.0 Å². The Hall–Kier alpha value is -0.650. The predicted octanol–water partition coefficient (Wildman–Crippen LogP) is -0.337. The molecule has 0 spiro atoms. The standard InChI is InChI=1S/C11H22N2O3/c1-8(14)7-13(2)10(15)9-3-5-11(12,16)6-4-9/h8-9,14,16H,3-7,12H2,1-2H3. The zero-order valence-corrected chi connectivity index (χ0v) is 10.0. The van der Waals surface area contributed by atoms with Crippen molar-refractivity contribution in [2.24, 2.45) is 11.7 Å². The number of carbonyl (C=O) groups excluding carboxylic acids is 1. The van der Waals surface area contributed by atoms with Gasteiger partial charge in [-0.15, -0.1) is 0 Å². The highest BCUT2D eigenvalue weighted by atomic mass is 16.3. The fourth-order valence-corrected chi connectivity index (χ4v) is 2.16. The molecule has 4 N–H and O–H groups in total. The first-order valence-corrected chi connectivity index (χ1v) is 5.76. The van der Waals surface area contributed by atoms with Crippen molar-refractivity contribution in [3.05, 3.63) is 0 Å². The minimum Gasteiger partial charge on any atom is -0.392 e. The molecular formula is C11H22N2O3. The molecular weight excluding hydrogens is 208 g/mol. The van der Waals surface area contributed by atoms with Crippen LogP contribution < -0.4 is 5.73 Å². The van der Waals surface area contributed by atoms with Gasteiger partial charge in [-0.1, -0.05) is 0 Å². The summed E-state index contributed by atoms with van der Waals surface area (Å²) in [6, 6.07) is 0. The number of nitrogens with two attached hydrogens (primary N) is 1. The van der Waals surface area contributed by atoms with Gasteiger partial charge in [0.05, 0.1) is 6.10 Å². The van der Waals surface area contributed by atoms with E-state index in [0.717, 1.165) is 0 Å². The van der Waals surface area contributed by atoms with Crippen molar-refractivity contribution in [3.8, 4) is 0 Å². The Morgan fingerprint density at radius 2 is 2.06 bits per heavy atom. The molecule has 1 unspecified atom stereocenters. The first kappa shape index (κ1) is 13.4. The molecule has 1 aliphatic rings. The zero-order chi connectivity index (χ0) is 12.3. The summed E-state index contributed by atoms with van der Waals surface area (Å²) in [5, 5.41) is 18.8. The van der Waals surface area contributed by atoms with E-state index in [1.54, 1.807) is 18.9 Å². The van der Waals surface area contributed by atoms with Crippen LogP contribution in [0.3, 0.4) is 0 Å². The first-order valence-electron chi connectivity index (χ1n) is 5.76. The van der Waals surface area contributed by atoms with Crippen molar-refractivity contribution in [2.75, 3.05) is 13.6 Å². The van der Waals surface area contributed by atoms with Gasteiger partial charge in [-0.25, -0.2) is 0 Å². The van der Waals surface area contributed by atoms with Gasteiger partial charge >= 0.3 is 0 Å². The summed E-state index contributed by atoms with van der Waals surface area (Å²) in [7, 11) is 1.69. The van der Waals surface area contributed by atoms with Crippen LogP contribution in [-0.2, 0) is 4.79 Å². The number of hydrogen-bond acceptors (Lipinski definition) is 4. The molecule has 0 aromatic rings. The van der Waals surface area contributed by atoms with Gasteiger partial charge in [0.25, 0.3) is 0 Å². The van der Waals surface area contributed by atoms with Crippen LogP contribution in [0.4, 0.5) is 0 Å². The quantitative estimate of drug-likeness (QED) is 0.579. The molecule has 0 bridgehead atoms. The third kappa shape index (κ3) is 3.73. The zero-order valence-electron chi connectivity index (χ0n) is 10.0. The summed E-state index contributed by atoms with van der Waals surface area (Å²) in [6.45, 7) is 2.01. The van der Waals surface area contributed by atoms with Crippen LogP contribution in [-0.4, -0.2) is 46.4 Å². The molecule has 5 heteroatoms. The molecule has 0 aromatic carbocycles. The van der Waals surface area contributed by atoms with Gasteiger partial charge in [0.2, 0.25) is 5.91 Å². The Labute approximate surface area is 96.2 Å². The van der Waals surface area contributed by atoms with Crippen molar-refractivity contribution in [3.63, 3.8) is 0 Å². The van der Waals surface area contributed by atoms with E-state index in [9.17, 15) is 15.0 Å². The number of carbonyl (C=O) groups is 1. The van der Waals surface area contributed by atoms with E-state index in [-0.39, 0.29) is 11.8 Å². The minimum absolute atomic E-state index is 0.0383. The molecule has 0 aliphatic heterocycles. The monoisotopic (exact) mass is 230 g/mol. The highest BCUT2D eigenvalue weighted by Gasteiger charge is 2.33. The summed E-state index contributed by atoms with van der Waals surface area (Å²) in [4.78, 5) is 13.5. The molecule has 1 aliphatic carbocycles. The van der Waals surface area contributed by atoms with Crippen molar-refractivity contribution in [2.45, 2.75) is 44.4 Å². The predicted molar refractivity (Wildman–Crippen MR) is 60.4 cm³/mol. The second-order valence-corrected chi connectivity index (χ2v) is 4.95. The number of aliphatic hydroxyl groups excluding tert-OH is 1. The molecule has 94 valence electrons. The second kappa shape index (κ2) is 5.12. The van der Waals surface area contributed by atoms with E-state index >= 15 is 0 Å². The van der Waals surface area contributed by atoms with E-state index < -0.39 is 11.8 Å². The van der Waals surface area contributed by atoms with Gasteiger partial charge in [-0.3, -0.25) is 4.79 Å². The van der Waals surface area contributed by atoms with Gasteiger partial charge in [0.1, 0.15) is 5.72 Å². The number of amides is 1. The third-order valence-electron chi connectivity index (χ3n) is 3.11. The molecule has 1 fully saturated rings. The third-order valence-corrected chi connectivity index (χ3v) is 3.11. The van der Waals surface area contributed by atoms with E-state index in [2.05, 4.69) is 0 Å². The van der Waals surface area contributed by atoms with Crippen molar-refractivity contribution in [1.82, 2.24) is 4.90 Å². The Bertz CT molecular complexity index is 244. The van der Waals surface area contributed by atoms with Crippen LogP contribution in [0.1, 0.15) is 32.6 Å². The van der Waals surface area contributed by atoms with E-state index in [0.29, 0.717) is 32.2 Å². The fraction of sp³-hybridized carbons (Fsp3) is 0.909. The number of aliphatic hydroxyl groups is 2. The maximum Gasteiger partial charge on any atom is 0.225 e. The molecule has 5 nitrogen and oxygen atoms in total. The highest BCUT2D eigenvalue weighted by Crippen LogP contribution is 2.29. The molecule has 0 aromatic heterocycles. The molecule has 16 heavy (non-hydrogen) atoms. The van der Waals surface area contributed by atoms with Gasteiger partial charge in [-0.05, 0) is 32.6 Å². The van der Waals surface area contributed by atoms with Gasteiger partial charge < -0.3 is 20.8 Å². The van der Waals surface area contributed by atoms with E-state index in [1.165, 1.54) is 0 Å². The second-order valence-electron chi connectivity index (χ2n) is 4.95. The minimum atomic E-state index is -1.10. The lowest BCUT2D eigenvalue weighted by Gasteiger charge is -2.34. The van der Waals surface area contributed by atoms with Crippen LogP contribution in [0.5, 0.6) is 0 Å². The molecule has 1 saturated carbocycles. The Kier molecular flexibility index (Phi) is 4.29. The highest BCUT2D eigenvalue weighted by molar-refractivity contribution is 5.78. The Balaban J connectivity index is 2.44. The lowest BCUT2D eigenvalue weighted by Crippen LogP contribution is -2.46. The van der Waals surface area contributed by atoms with Crippen molar-refractivity contribution >= 4 is 5.91 Å². The van der Waals surface area contributed by atoms with Gasteiger partial charge in [-0.2, -0.15) is 0 Å². The Morgan fingerprint density at radius 1 is 1.56 bits per heavy atom. The summed E-state index contributed by atoms with van der Waals surface area (Å²) in [6.07, 6.45) is 1.66. The molecule has 0 radical (unpaired) electrons. The molecule has 1 rings (SSSR count). The van der Waals surface area contributed by atoms with E-state index in [1.807, 2.05) is 0 Å². The molecule has 0 heterocycles. The maximum absolute atomic E-state index is 11.9. The maximum atomic E-state index is 11.9. The SMILES string of the molecule is CC(O)CN(C)C(=O)C1CCC(N)(O)CC1. The van der Waals surface area contributed by atoms with E-state index in [4.69, 9.17) is 5.73 Å². The summed E-state index contributed by atoms with van der Waals surface area (Å²) >= 11 is 0. The lowest BCUT2D eigenvalue weighted by molar-refractivity contribution is -0.138. The summed E-state index contributed by atoms with van der Waals surface area (Å²) in [5.41, 5.74) is 4.49. The number of likely N-dealkylation sites (N-methyl/N-ethyl adjacent to an activating group) is 1. The fourth-order valence-electron chi connectivity index (χ4n) is 2.16. The lowest BCUT2D eigenvalue weighted by atomic mass is 9.83. The van der Waals surface area contributed by atoms with Crippen LogP contribution >= 0.6 is 0 Å². The largest absolute Gasteiger partial charge is 0.392 e. The number of rotatable bonds is 3. The van der Waals surface area contributed by atoms with Crippen molar-refractivity contribution in [1.29, 1.82) is 0 Å². The van der Waals surface area contributed by atoms with Gasteiger partial charge in [0, 0.05) is 19.5 Å². The average Bonchev–Trinajstić information content (AvgIpc) is 2.15. The number of nitrogens with zero attached hydrogens (tertiary/aromatic N) is 1. The van der Waals surface area contributed by atoms with Crippen LogP contribution in [0.2, 0.25) is 0 Å². The normalized spacial score (nSPS) is 32.2.